The van der Waals surface area contributed by atoms with Crippen LogP contribution in [0, 0.1) is 5.41 Å². The van der Waals surface area contributed by atoms with Crippen LogP contribution < -0.4 is 0 Å². The minimum absolute atomic E-state index is 0.0174. The summed E-state index contributed by atoms with van der Waals surface area (Å²) in [5, 5.41) is 4.16. The van der Waals surface area contributed by atoms with Crippen LogP contribution in [0.5, 0.6) is 0 Å². The summed E-state index contributed by atoms with van der Waals surface area (Å²) in [6, 6.07) is 17.8. The lowest BCUT2D eigenvalue weighted by atomic mass is 9.66. The van der Waals surface area contributed by atoms with Gasteiger partial charge in [0.05, 0.1) is 10.6 Å². The number of benzene rings is 2. The number of fused-ring (bicyclic) bond motifs is 1. The van der Waals surface area contributed by atoms with Crippen molar-refractivity contribution in [1.82, 2.24) is 4.31 Å². The summed E-state index contributed by atoms with van der Waals surface area (Å²) in [6.07, 6.45) is 5.28. The number of oxime groups is 1. The summed E-state index contributed by atoms with van der Waals surface area (Å²) < 4.78 is 29.0. The molecular formula is C27H34N2O3S. The van der Waals surface area contributed by atoms with E-state index < -0.39 is 10.0 Å². The number of piperidine rings is 1. The van der Waals surface area contributed by atoms with Gasteiger partial charge in [-0.1, -0.05) is 74.0 Å². The summed E-state index contributed by atoms with van der Waals surface area (Å²) in [5.74, 6) is 0. The number of hydrogen-bond acceptors (Lipinski definition) is 4. The second-order valence-corrected chi connectivity index (χ2v) is 12.2. The van der Waals surface area contributed by atoms with E-state index in [4.69, 9.17) is 4.84 Å². The standard InChI is InChI=1S/C27H34N2O3S/c1-26(2,3)22-10-12-25(13-11-22)33(30,31)29-17-15-23-18-24(28-32-4)14-16-27(23,20-29)19-21-8-6-5-7-9-21/h5-13,18H,14-17,19-20H2,1-4H3/b28-24+. The molecule has 1 unspecified atom stereocenters. The Morgan fingerprint density at radius 2 is 1.73 bits per heavy atom. The Morgan fingerprint density at radius 1 is 1.03 bits per heavy atom. The normalized spacial score (nSPS) is 23.2. The van der Waals surface area contributed by atoms with Crippen LogP contribution in [0.4, 0.5) is 0 Å². The van der Waals surface area contributed by atoms with Crippen molar-refractivity contribution >= 4 is 15.7 Å². The van der Waals surface area contributed by atoms with Crippen molar-refractivity contribution in [2.24, 2.45) is 10.6 Å². The van der Waals surface area contributed by atoms with Crippen molar-refractivity contribution in [3.05, 3.63) is 77.4 Å². The van der Waals surface area contributed by atoms with Gasteiger partial charge < -0.3 is 4.84 Å². The van der Waals surface area contributed by atoms with E-state index >= 15 is 0 Å². The van der Waals surface area contributed by atoms with Crippen molar-refractivity contribution in [3.8, 4) is 0 Å². The van der Waals surface area contributed by atoms with Crippen molar-refractivity contribution in [2.45, 2.75) is 56.8 Å². The molecule has 1 fully saturated rings. The number of rotatable bonds is 5. The Bertz CT molecular complexity index is 1150. The van der Waals surface area contributed by atoms with E-state index in [2.05, 4.69) is 44.1 Å². The highest BCUT2D eigenvalue weighted by atomic mass is 32.2. The predicted octanol–water partition coefficient (Wildman–Crippen LogP) is 5.33. The van der Waals surface area contributed by atoms with Crippen molar-refractivity contribution in [1.29, 1.82) is 0 Å². The first-order valence-electron chi connectivity index (χ1n) is 11.6. The Morgan fingerprint density at radius 3 is 2.36 bits per heavy atom. The van der Waals surface area contributed by atoms with Gasteiger partial charge in [0.15, 0.2) is 0 Å². The van der Waals surface area contributed by atoms with Gasteiger partial charge in [-0.15, -0.1) is 0 Å². The van der Waals surface area contributed by atoms with Gasteiger partial charge in [0.1, 0.15) is 7.11 Å². The fourth-order valence-corrected chi connectivity index (χ4v) is 6.58. The lowest BCUT2D eigenvalue weighted by Gasteiger charge is -2.46. The van der Waals surface area contributed by atoms with Gasteiger partial charge in [-0.2, -0.15) is 4.31 Å². The topological polar surface area (TPSA) is 59.0 Å². The lowest BCUT2D eigenvalue weighted by Crippen LogP contribution is -2.49. The fourth-order valence-electron chi connectivity index (χ4n) is 5.05. The molecule has 2 aliphatic rings. The molecule has 176 valence electrons. The van der Waals surface area contributed by atoms with E-state index in [9.17, 15) is 8.42 Å². The first-order valence-corrected chi connectivity index (χ1v) is 13.0. The van der Waals surface area contributed by atoms with E-state index in [0.29, 0.717) is 24.4 Å². The van der Waals surface area contributed by atoms with E-state index in [1.807, 2.05) is 30.3 Å². The largest absolute Gasteiger partial charge is 0.399 e. The lowest BCUT2D eigenvalue weighted by molar-refractivity contribution is 0.191. The van der Waals surface area contributed by atoms with Gasteiger partial charge in [-0.05, 0) is 60.4 Å². The van der Waals surface area contributed by atoms with Crippen molar-refractivity contribution in [3.63, 3.8) is 0 Å². The third-order valence-corrected chi connectivity index (χ3v) is 8.80. The average Bonchev–Trinajstić information content (AvgIpc) is 2.79. The monoisotopic (exact) mass is 466 g/mol. The van der Waals surface area contributed by atoms with Gasteiger partial charge >= 0.3 is 0 Å². The second-order valence-electron chi connectivity index (χ2n) is 10.2. The third kappa shape index (κ3) is 4.92. The smallest absolute Gasteiger partial charge is 0.243 e. The van der Waals surface area contributed by atoms with E-state index in [1.165, 1.54) is 11.1 Å². The third-order valence-electron chi connectivity index (χ3n) is 6.94. The summed E-state index contributed by atoms with van der Waals surface area (Å²) in [6.45, 7) is 7.36. The van der Waals surface area contributed by atoms with Crippen LogP contribution in [0.25, 0.3) is 0 Å². The maximum absolute atomic E-state index is 13.6. The summed E-state index contributed by atoms with van der Waals surface area (Å²) in [5.41, 5.74) is 4.32. The van der Waals surface area contributed by atoms with Crippen LogP contribution in [0.2, 0.25) is 0 Å². The van der Waals surface area contributed by atoms with Crippen LogP contribution in [0.3, 0.4) is 0 Å². The molecule has 1 heterocycles. The summed E-state index contributed by atoms with van der Waals surface area (Å²) in [7, 11) is -2.01. The SMILES string of the molecule is CO/N=C1/C=C2CCN(S(=O)(=O)c3ccc(C(C)(C)C)cc3)CC2(Cc2ccccc2)CC1. The number of allylic oxidation sites excluding steroid dienone is 1. The van der Waals surface area contributed by atoms with E-state index in [0.717, 1.165) is 30.5 Å². The molecule has 0 aromatic heterocycles. The number of nitrogens with zero attached hydrogens (tertiary/aromatic N) is 2. The van der Waals surface area contributed by atoms with Crippen LogP contribution in [0.15, 0.2) is 76.3 Å². The molecule has 1 atom stereocenters. The maximum atomic E-state index is 13.6. The number of hydrogen-bond donors (Lipinski definition) is 0. The molecule has 0 radical (unpaired) electrons. The zero-order chi connectivity index (χ0) is 23.7. The molecule has 0 N–H and O–H groups in total. The molecule has 0 saturated carbocycles. The zero-order valence-corrected chi connectivity index (χ0v) is 20.9. The molecule has 6 heteroatoms. The zero-order valence-electron chi connectivity index (χ0n) is 20.0. The van der Waals surface area contributed by atoms with Crippen molar-refractivity contribution < 1.29 is 13.3 Å². The van der Waals surface area contributed by atoms with Gasteiger partial charge in [0.2, 0.25) is 10.0 Å². The Labute approximate surface area is 198 Å². The second kappa shape index (κ2) is 9.07. The van der Waals surface area contributed by atoms with Gasteiger partial charge in [-0.25, -0.2) is 8.42 Å². The number of sulfonamides is 1. The average molecular weight is 467 g/mol. The van der Waals surface area contributed by atoms with Crippen LogP contribution in [-0.2, 0) is 26.7 Å². The van der Waals surface area contributed by atoms with Gasteiger partial charge in [-0.3, -0.25) is 0 Å². The highest BCUT2D eigenvalue weighted by Crippen LogP contribution is 2.46. The Kier molecular flexibility index (Phi) is 6.52. The van der Waals surface area contributed by atoms with Crippen LogP contribution >= 0.6 is 0 Å². The maximum Gasteiger partial charge on any atom is 0.243 e. The van der Waals surface area contributed by atoms with Crippen molar-refractivity contribution in [2.75, 3.05) is 20.2 Å². The fraction of sp³-hybridized carbons (Fsp3) is 0.444. The molecule has 0 bridgehead atoms. The molecule has 1 aliphatic heterocycles. The first-order chi connectivity index (χ1) is 15.6. The molecule has 4 rings (SSSR count). The minimum atomic E-state index is -3.58. The molecule has 0 spiro atoms. The highest BCUT2D eigenvalue weighted by molar-refractivity contribution is 7.89. The molecule has 0 amide bonds. The van der Waals surface area contributed by atoms with Crippen LogP contribution in [0.1, 0.15) is 51.2 Å². The highest BCUT2D eigenvalue weighted by Gasteiger charge is 2.45. The minimum Gasteiger partial charge on any atom is -0.399 e. The predicted molar refractivity (Wildman–Crippen MR) is 133 cm³/mol. The van der Waals surface area contributed by atoms with Gasteiger partial charge in [0.25, 0.3) is 0 Å². The van der Waals surface area contributed by atoms with E-state index in [1.54, 1.807) is 23.5 Å². The molecule has 2 aromatic carbocycles. The van der Waals surface area contributed by atoms with Crippen LogP contribution in [-0.4, -0.2) is 38.6 Å². The summed E-state index contributed by atoms with van der Waals surface area (Å²) >= 11 is 0. The quantitative estimate of drug-likeness (QED) is 0.560. The molecule has 5 nitrogen and oxygen atoms in total. The Balaban J connectivity index is 1.67. The molecule has 1 saturated heterocycles. The van der Waals surface area contributed by atoms with Gasteiger partial charge in [0, 0.05) is 18.5 Å². The molecule has 1 aliphatic carbocycles. The summed E-state index contributed by atoms with van der Waals surface area (Å²) in [4.78, 5) is 5.39. The Hall–Kier alpha value is -2.44. The first kappa shape index (κ1) is 23.7. The molecule has 33 heavy (non-hydrogen) atoms. The molecule has 2 aromatic rings. The van der Waals surface area contributed by atoms with E-state index in [-0.39, 0.29) is 10.8 Å². The molecular weight excluding hydrogens is 432 g/mol.